The maximum absolute atomic E-state index is 5.35. The molecule has 0 aliphatic heterocycles. The second-order valence-corrected chi connectivity index (χ2v) is 10.1. The number of nitrogens with zero attached hydrogens (tertiary/aromatic N) is 1. The van der Waals surface area contributed by atoms with E-state index in [9.17, 15) is 0 Å². The SMILES string of the molecule is CCCCCCCCCCCCCCCCCCN(C(=S)[S-])C1CCCCC1.[Mo]. The molecule has 0 N–H and O–H groups in total. The Bertz CT molecular complexity index is 359. The Hall–Kier alpha value is 0.798. The van der Waals surface area contributed by atoms with Crippen molar-refractivity contribution in [1.82, 2.24) is 4.90 Å². The molecular formula is C25H48MoNS2-. The van der Waals surface area contributed by atoms with E-state index in [0.29, 0.717) is 10.4 Å². The molecule has 29 heavy (non-hydrogen) atoms. The molecule has 172 valence electrons. The van der Waals surface area contributed by atoms with Crippen LogP contribution in [0, 0.1) is 0 Å². The standard InChI is InChI=1S/C25H49NS2.Mo/c1-2-3-4-5-6-7-8-9-10-11-12-13-14-15-16-20-23-26(25(27)28)24-21-18-17-19-22-24;/h24H,2-23H2,1H3,(H,27,28);/p-1. The average molecular weight is 523 g/mol. The number of unbranched alkanes of at least 4 members (excludes halogenated alkanes) is 15. The second kappa shape index (κ2) is 22.0. The molecule has 0 bridgehead atoms. The normalized spacial score (nSPS) is 14.5. The van der Waals surface area contributed by atoms with Gasteiger partial charge in [0, 0.05) is 33.7 Å². The van der Waals surface area contributed by atoms with Crippen LogP contribution in [0.1, 0.15) is 142 Å². The number of hydrogen-bond acceptors (Lipinski definition) is 2. The van der Waals surface area contributed by atoms with E-state index in [2.05, 4.69) is 11.8 Å². The van der Waals surface area contributed by atoms with Gasteiger partial charge in [-0.05, 0) is 19.3 Å². The maximum Gasteiger partial charge on any atom is 0.0274 e. The van der Waals surface area contributed by atoms with Crippen LogP contribution in [-0.2, 0) is 33.7 Å². The molecule has 1 saturated carbocycles. The molecule has 0 amide bonds. The molecule has 1 nitrogen and oxygen atoms in total. The van der Waals surface area contributed by atoms with Crippen LogP contribution >= 0.6 is 12.2 Å². The molecule has 0 heterocycles. The Morgan fingerprint density at radius 3 is 1.45 bits per heavy atom. The molecule has 0 aromatic rings. The third-order valence-corrected chi connectivity index (χ3v) is 6.97. The fourth-order valence-electron chi connectivity index (χ4n) is 4.65. The molecule has 0 atom stereocenters. The Morgan fingerprint density at radius 1 is 0.690 bits per heavy atom. The van der Waals surface area contributed by atoms with Gasteiger partial charge in [-0.2, -0.15) is 0 Å². The van der Waals surface area contributed by atoms with Crippen LogP contribution in [-0.4, -0.2) is 21.8 Å². The van der Waals surface area contributed by atoms with Crippen LogP contribution in [0.5, 0.6) is 0 Å². The molecule has 0 aromatic carbocycles. The molecular weight excluding hydrogens is 474 g/mol. The van der Waals surface area contributed by atoms with E-state index in [4.69, 9.17) is 24.8 Å². The van der Waals surface area contributed by atoms with Crippen molar-refractivity contribution < 1.29 is 21.1 Å². The molecule has 0 radical (unpaired) electrons. The fourth-order valence-corrected chi connectivity index (χ4v) is 5.13. The first-order valence-electron chi connectivity index (χ1n) is 12.7. The van der Waals surface area contributed by atoms with E-state index in [-0.39, 0.29) is 21.1 Å². The van der Waals surface area contributed by atoms with Crippen molar-refractivity contribution >= 4 is 29.2 Å². The third kappa shape index (κ3) is 17.1. The summed E-state index contributed by atoms with van der Waals surface area (Å²) in [7, 11) is 0. The van der Waals surface area contributed by atoms with Gasteiger partial charge in [0.1, 0.15) is 0 Å². The minimum atomic E-state index is 0. The minimum absolute atomic E-state index is 0. The fraction of sp³-hybridized carbons (Fsp3) is 0.960. The van der Waals surface area contributed by atoms with Gasteiger partial charge in [0.2, 0.25) is 0 Å². The van der Waals surface area contributed by atoms with Gasteiger partial charge in [0.05, 0.1) is 0 Å². The summed E-state index contributed by atoms with van der Waals surface area (Å²) in [6, 6.07) is 0.648. The summed E-state index contributed by atoms with van der Waals surface area (Å²) in [5.74, 6) is 0. The number of hydrogen-bond donors (Lipinski definition) is 0. The summed E-state index contributed by atoms with van der Waals surface area (Å²) in [4.78, 5) is 2.37. The molecule has 1 rings (SSSR count). The minimum Gasteiger partial charge on any atom is -0.411 e. The van der Waals surface area contributed by atoms with Crippen LogP contribution in [0.2, 0.25) is 0 Å². The molecule has 1 aliphatic rings. The van der Waals surface area contributed by atoms with Gasteiger partial charge in [0.15, 0.2) is 0 Å². The van der Waals surface area contributed by atoms with Gasteiger partial charge in [-0.1, -0.05) is 127 Å². The van der Waals surface area contributed by atoms with E-state index in [1.807, 2.05) is 0 Å². The summed E-state index contributed by atoms with van der Waals surface area (Å²) in [6.07, 6.45) is 29.5. The van der Waals surface area contributed by atoms with E-state index in [1.165, 1.54) is 135 Å². The second-order valence-electron chi connectivity index (χ2n) is 9.05. The first-order chi connectivity index (χ1) is 13.8. The van der Waals surface area contributed by atoms with Crippen molar-refractivity contribution in [3.05, 3.63) is 0 Å². The molecule has 1 fully saturated rings. The van der Waals surface area contributed by atoms with Crippen LogP contribution in [0.25, 0.3) is 0 Å². The maximum atomic E-state index is 5.35. The molecule has 0 unspecified atom stereocenters. The van der Waals surface area contributed by atoms with Crippen LogP contribution in [0.15, 0.2) is 0 Å². The monoisotopic (exact) mass is 524 g/mol. The van der Waals surface area contributed by atoms with Gasteiger partial charge >= 0.3 is 0 Å². The van der Waals surface area contributed by atoms with Gasteiger partial charge in [-0.25, -0.2) is 0 Å². The summed E-state index contributed by atoms with van der Waals surface area (Å²) in [5.41, 5.74) is 0. The smallest absolute Gasteiger partial charge is 0.0274 e. The number of thiocarbonyl (C=S) groups is 1. The summed E-state index contributed by atoms with van der Waals surface area (Å²) in [6.45, 7) is 3.40. The Balaban J connectivity index is 0.00000784. The largest absolute Gasteiger partial charge is 0.411 e. The summed E-state index contributed by atoms with van der Waals surface area (Å²) < 4.78 is 0.716. The topological polar surface area (TPSA) is 3.24 Å². The van der Waals surface area contributed by atoms with Crippen molar-refractivity contribution in [2.75, 3.05) is 6.54 Å². The zero-order valence-electron chi connectivity index (χ0n) is 19.3. The van der Waals surface area contributed by atoms with Crippen molar-refractivity contribution in [3.63, 3.8) is 0 Å². The van der Waals surface area contributed by atoms with Crippen LogP contribution in [0.3, 0.4) is 0 Å². The van der Waals surface area contributed by atoms with Crippen LogP contribution in [0.4, 0.5) is 0 Å². The van der Waals surface area contributed by atoms with Gasteiger partial charge < -0.3 is 29.7 Å². The third-order valence-electron chi connectivity index (χ3n) is 6.50. The molecule has 0 spiro atoms. The molecule has 4 heteroatoms. The quantitative estimate of drug-likeness (QED) is 0.0767. The number of rotatable bonds is 18. The van der Waals surface area contributed by atoms with E-state index in [0.717, 1.165) is 6.54 Å². The molecule has 0 saturated heterocycles. The summed E-state index contributed by atoms with van der Waals surface area (Å²) in [5, 5.41) is 0. The zero-order valence-corrected chi connectivity index (χ0v) is 22.9. The molecule has 0 aromatic heterocycles. The predicted molar refractivity (Wildman–Crippen MR) is 133 cm³/mol. The van der Waals surface area contributed by atoms with Crippen molar-refractivity contribution in [1.29, 1.82) is 0 Å². The van der Waals surface area contributed by atoms with E-state index < -0.39 is 0 Å². The first kappa shape index (κ1) is 29.8. The Kier molecular flexibility index (Phi) is 22.6. The van der Waals surface area contributed by atoms with Crippen molar-refractivity contribution in [2.45, 2.75) is 148 Å². The van der Waals surface area contributed by atoms with Gasteiger partial charge in [-0.3, -0.25) is 0 Å². The Labute approximate surface area is 208 Å². The summed E-state index contributed by atoms with van der Waals surface area (Å²) >= 11 is 10.7. The average Bonchev–Trinajstić information content (AvgIpc) is 2.70. The van der Waals surface area contributed by atoms with Crippen LogP contribution < -0.4 is 0 Å². The van der Waals surface area contributed by atoms with Gasteiger partial charge in [0.25, 0.3) is 0 Å². The van der Waals surface area contributed by atoms with Crippen molar-refractivity contribution in [3.8, 4) is 0 Å². The molecule has 1 aliphatic carbocycles. The van der Waals surface area contributed by atoms with E-state index >= 15 is 0 Å². The van der Waals surface area contributed by atoms with Gasteiger partial charge in [-0.15, -0.1) is 0 Å². The predicted octanol–water partition coefficient (Wildman–Crippen LogP) is 8.71. The van der Waals surface area contributed by atoms with E-state index in [1.54, 1.807) is 0 Å². The Morgan fingerprint density at radius 2 is 1.07 bits per heavy atom. The zero-order chi connectivity index (χ0) is 20.3. The first-order valence-corrected chi connectivity index (χ1v) is 13.5. The van der Waals surface area contributed by atoms with Crippen molar-refractivity contribution in [2.24, 2.45) is 0 Å².